The summed E-state index contributed by atoms with van der Waals surface area (Å²) >= 11 is 0. The van der Waals surface area contributed by atoms with Crippen molar-refractivity contribution in [3.63, 3.8) is 0 Å². The highest BCUT2D eigenvalue weighted by Gasteiger charge is 2.37. The third-order valence-electron chi connectivity index (χ3n) is 5.50. The van der Waals surface area contributed by atoms with Gasteiger partial charge in [0, 0.05) is 0 Å². The molecule has 0 saturated carbocycles. The molecule has 34 heavy (non-hydrogen) atoms. The van der Waals surface area contributed by atoms with E-state index in [9.17, 15) is 26.3 Å². The van der Waals surface area contributed by atoms with Gasteiger partial charge >= 0.3 is 12.4 Å². The summed E-state index contributed by atoms with van der Waals surface area (Å²) in [7, 11) is 0. The van der Waals surface area contributed by atoms with Crippen LogP contribution in [-0.2, 0) is 28.4 Å². The molecule has 9 heteroatoms. The van der Waals surface area contributed by atoms with E-state index in [0.717, 1.165) is 11.1 Å². The fraction of sp³-hybridized carbons (Fsp3) is 0.280. The largest absolute Gasteiger partial charge is 0.416 e. The van der Waals surface area contributed by atoms with Gasteiger partial charge in [-0.1, -0.05) is 60.7 Å². The standard InChI is InChI=1S/C25H21F6NO2/c26-24(27,28)19-11-16(12-20(13-19)25(29,30)31)14-33-23-22(18-9-5-2-6-10-18)32-21(15-34-23)17-7-3-1-4-8-17/h1-13,21-23,32H,14-15H2/t21-,22-,23-/m1/s1. The molecule has 1 saturated heterocycles. The van der Waals surface area contributed by atoms with Crippen molar-refractivity contribution >= 4 is 0 Å². The Labute approximate surface area is 192 Å². The number of benzene rings is 3. The van der Waals surface area contributed by atoms with Crippen LogP contribution in [0.2, 0.25) is 0 Å². The zero-order chi connectivity index (χ0) is 24.3. The number of rotatable bonds is 5. The van der Waals surface area contributed by atoms with Gasteiger partial charge in [0.05, 0.1) is 36.4 Å². The van der Waals surface area contributed by atoms with Crippen molar-refractivity contribution in [3.8, 4) is 0 Å². The normalized spacial score (nSPS) is 21.4. The smallest absolute Gasteiger partial charge is 0.349 e. The van der Waals surface area contributed by atoms with E-state index in [0.29, 0.717) is 12.1 Å². The Kier molecular flexibility index (Phi) is 6.97. The summed E-state index contributed by atoms with van der Waals surface area (Å²) in [5.74, 6) is 0. The summed E-state index contributed by atoms with van der Waals surface area (Å²) in [4.78, 5) is 0. The molecule has 1 aliphatic rings. The van der Waals surface area contributed by atoms with Crippen LogP contribution in [0.25, 0.3) is 0 Å². The molecule has 0 bridgehead atoms. The Morgan fingerprint density at radius 2 is 1.29 bits per heavy atom. The zero-order valence-corrected chi connectivity index (χ0v) is 17.7. The second kappa shape index (κ2) is 9.77. The highest BCUT2D eigenvalue weighted by atomic mass is 19.4. The minimum absolute atomic E-state index is 0.0966. The Balaban J connectivity index is 1.57. The van der Waals surface area contributed by atoms with Crippen molar-refractivity contribution in [2.75, 3.05) is 6.61 Å². The number of hydrogen-bond donors (Lipinski definition) is 1. The molecule has 0 unspecified atom stereocenters. The highest BCUT2D eigenvalue weighted by molar-refractivity contribution is 5.33. The number of halogens is 6. The van der Waals surface area contributed by atoms with Crippen molar-refractivity contribution in [2.24, 2.45) is 0 Å². The van der Waals surface area contributed by atoms with Crippen LogP contribution in [0.1, 0.15) is 39.9 Å². The molecule has 0 amide bonds. The van der Waals surface area contributed by atoms with Gasteiger partial charge in [0.15, 0.2) is 6.29 Å². The molecule has 3 aromatic rings. The fourth-order valence-electron chi connectivity index (χ4n) is 3.85. The van der Waals surface area contributed by atoms with E-state index in [2.05, 4.69) is 5.32 Å². The molecule has 1 N–H and O–H groups in total. The van der Waals surface area contributed by atoms with Gasteiger partial charge in [0.1, 0.15) is 0 Å². The SMILES string of the molecule is FC(F)(F)c1cc(CO[C@@H]2OC[C@H](c3ccccc3)N[C@@H]2c2ccccc2)cc(C(F)(F)F)c1. The number of ether oxygens (including phenoxy) is 2. The average molecular weight is 481 g/mol. The summed E-state index contributed by atoms with van der Waals surface area (Å²) in [5.41, 5.74) is -1.22. The van der Waals surface area contributed by atoms with E-state index >= 15 is 0 Å². The molecule has 3 nitrogen and oxygen atoms in total. The molecule has 3 atom stereocenters. The van der Waals surface area contributed by atoms with Crippen molar-refractivity contribution < 1.29 is 35.8 Å². The van der Waals surface area contributed by atoms with Gasteiger partial charge in [-0.05, 0) is 34.9 Å². The molecular formula is C25H21F6NO2. The fourth-order valence-corrected chi connectivity index (χ4v) is 3.85. The van der Waals surface area contributed by atoms with Crippen LogP contribution in [0.5, 0.6) is 0 Å². The molecule has 0 radical (unpaired) electrons. The van der Waals surface area contributed by atoms with Gasteiger partial charge in [-0.2, -0.15) is 26.3 Å². The first kappa shape index (κ1) is 24.3. The van der Waals surface area contributed by atoms with E-state index in [-0.39, 0.29) is 24.3 Å². The van der Waals surface area contributed by atoms with Crippen LogP contribution in [0.3, 0.4) is 0 Å². The van der Waals surface area contributed by atoms with Crippen LogP contribution in [-0.4, -0.2) is 12.9 Å². The van der Waals surface area contributed by atoms with Crippen LogP contribution >= 0.6 is 0 Å². The lowest BCUT2D eigenvalue weighted by atomic mass is 10.00. The summed E-state index contributed by atoms with van der Waals surface area (Å²) in [5, 5.41) is 3.43. The lowest BCUT2D eigenvalue weighted by Gasteiger charge is -2.38. The Bertz CT molecular complexity index is 1050. The molecule has 0 spiro atoms. The second-order valence-electron chi connectivity index (χ2n) is 7.95. The second-order valence-corrected chi connectivity index (χ2v) is 7.95. The first-order valence-electron chi connectivity index (χ1n) is 10.5. The van der Waals surface area contributed by atoms with Crippen LogP contribution in [0.4, 0.5) is 26.3 Å². The first-order valence-corrected chi connectivity index (χ1v) is 10.5. The lowest BCUT2D eigenvalue weighted by Crippen LogP contribution is -2.45. The quantitative estimate of drug-likeness (QED) is 0.413. The molecular weight excluding hydrogens is 460 g/mol. The number of alkyl halides is 6. The Hall–Kier alpha value is -2.88. The molecule has 1 aliphatic heterocycles. The van der Waals surface area contributed by atoms with Gasteiger partial charge in [-0.25, -0.2) is 0 Å². The number of morpholine rings is 1. The van der Waals surface area contributed by atoms with E-state index in [1.54, 1.807) is 0 Å². The maximum Gasteiger partial charge on any atom is 0.416 e. The minimum atomic E-state index is -4.92. The molecule has 0 aliphatic carbocycles. The van der Waals surface area contributed by atoms with Crippen molar-refractivity contribution in [1.29, 1.82) is 0 Å². The number of nitrogens with one attached hydrogen (secondary N) is 1. The molecule has 4 rings (SSSR count). The first-order chi connectivity index (χ1) is 16.1. The molecule has 0 aromatic heterocycles. The van der Waals surface area contributed by atoms with Crippen LogP contribution in [0, 0.1) is 0 Å². The van der Waals surface area contributed by atoms with E-state index in [4.69, 9.17) is 9.47 Å². The van der Waals surface area contributed by atoms with E-state index < -0.39 is 42.4 Å². The average Bonchev–Trinajstić information content (AvgIpc) is 2.82. The van der Waals surface area contributed by atoms with Gasteiger partial charge in [0.25, 0.3) is 0 Å². The zero-order valence-electron chi connectivity index (χ0n) is 17.7. The van der Waals surface area contributed by atoms with Gasteiger partial charge < -0.3 is 9.47 Å². The minimum Gasteiger partial charge on any atom is -0.349 e. The maximum absolute atomic E-state index is 13.2. The third-order valence-corrected chi connectivity index (χ3v) is 5.50. The van der Waals surface area contributed by atoms with Gasteiger partial charge in [-0.3, -0.25) is 5.32 Å². The Morgan fingerprint density at radius 1 is 0.765 bits per heavy atom. The highest BCUT2D eigenvalue weighted by Crippen LogP contribution is 2.37. The van der Waals surface area contributed by atoms with Crippen LogP contribution in [0.15, 0.2) is 78.9 Å². The number of hydrogen-bond acceptors (Lipinski definition) is 3. The summed E-state index contributed by atoms with van der Waals surface area (Å²) in [6.45, 7) is -0.271. The monoisotopic (exact) mass is 481 g/mol. The maximum atomic E-state index is 13.2. The van der Waals surface area contributed by atoms with Crippen LogP contribution < -0.4 is 5.32 Å². The summed E-state index contributed by atoms with van der Waals surface area (Å²) in [6.07, 6.45) is -10.8. The van der Waals surface area contributed by atoms with Crippen molar-refractivity contribution in [2.45, 2.75) is 37.3 Å². The Morgan fingerprint density at radius 3 is 1.82 bits per heavy atom. The molecule has 1 heterocycles. The van der Waals surface area contributed by atoms with Gasteiger partial charge in [0.2, 0.25) is 0 Å². The third kappa shape index (κ3) is 5.78. The predicted molar refractivity (Wildman–Crippen MR) is 112 cm³/mol. The molecule has 1 fully saturated rings. The molecule has 3 aromatic carbocycles. The van der Waals surface area contributed by atoms with Crippen molar-refractivity contribution in [3.05, 3.63) is 107 Å². The lowest BCUT2D eigenvalue weighted by molar-refractivity contribution is -0.194. The predicted octanol–water partition coefficient (Wildman–Crippen LogP) is 6.67. The summed E-state index contributed by atoms with van der Waals surface area (Å²) < 4.78 is 90.7. The molecule has 180 valence electrons. The topological polar surface area (TPSA) is 30.5 Å². The van der Waals surface area contributed by atoms with Crippen molar-refractivity contribution in [1.82, 2.24) is 5.32 Å². The van der Waals surface area contributed by atoms with E-state index in [1.165, 1.54) is 0 Å². The summed E-state index contributed by atoms with van der Waals surface area (Å²) in [6, 6.07) is 19.5. The van der Waals surface area contributed by atoms with Gasteiger partial charge in [-0.15, -0.1) is 0 Å². The van der Waals surface area contributed by atoms with E-state index in [1.807, 2.05) is 60.7 Å².